The van der Waals surface area contributed by atoms with Crippen LogP contribution in [0.25, 0.3) is 0 Å². The van der Waals surface area contributed by atoms with E-state index in [9.17, 15) is 13.2 Å². The first-order valence-corrected chi connectivity index (χ1v) is 3.27. The lowest BCUT2D eigenvalue weighted by Gasteiger charge is -2.03. The highest BCUT2D eigenvalue weighted by Gasteiger charge is 2.25. The number of alkyl halides is 3. The standard InChI is InChI=1S/C6H11F3N/c7-6(8,9)4-2-1-3-5-10/h10H,1-5H2. The van der Waals surface area contributed by atoms with Crippen LogP contribution in [-0.4, -0.2) is 12.7 Å². The predicted molar refractivity (Wildman–Crippen MR) is 32.5 cm³/mol. The van der Waals surface area contributed by atoms with Gasteiger partial charge in [-0.15, -0.1) is 0 Å². The van der Waals surface area contributed by atoms with Gasteiger partial charge in [-0.2, -0.15) is 13.2 Å². The molecule has 0 aliphatic carbocycles. The second kappa shape index (κ2) is 4.55. The third-order valence-electron chi connectivity index (χ3n) is 1.14. The van der Waals surface area contributed by atoms with E-state index in [0.29, 0.717) is 12.8 Å². The molecule has 0 aromatic rings. The summed E-state index contributed by atoms with van der Waals surface area (Å²) in [5.74, 6) is 0. The van der Waals surface area contributed by atoms with Crippen LogP contribution in [-0.2, 0) is 0 Å². The third-order valence-corrected chi connectivity index (χ3v) is 1.14. The van der Waals surface area contributed by atoms with Gasteiger partial charge in [-0.1, -0.05) is 6.42 Å². The monoisotopic (exact) mass is 154 g/mol. The second-order valence-electron chi connectivity index (χ2n) is 2.18. The molecule has 0 fully saturated rings. The molecule has 1 radical (unpaired) electrons. The molecule has 0 saturated carbocycles. The molecule has 0 heterocycles. The maximum Gasteiger partial charge on any atom is 0.389 e. The number of hydrogen-bond acceptors (Lipinski definition) is 0. The minimum Gasteiger partial charge on any atom is -0.258 e. The summed E-state index contributed by atoms with van der Waals surface area (Å²) >= 11 is 0. The molecule has 10 heavy (non-hydrogen) atoms. The van der Waals surface area contributed by atoms with E-state index in [4.69, 9.17) is 5.73 Å². The van der Waals surface area contributed by atoms with E-state index < -0.39 is 12.6 Å². The van der Waals surface area contributed by atoms with E-state index in [1.165, 1.54) is 0 Å². The smallest absolute Gasteiger partial charge is 0.258 e. The second-order valence-corrected chi connectivity index (χ2v) is 2.18. The molecule has 0 aromatic heterocycles. The first kappa shape index (κ1) is 9.75. The first-order chi connectivity index (χ1) is 4.56. The van der Waals surface area contributed by atoms with Gasteiger partial charge in [-0.3, -0.25) is 5.73 Å². The fraction of sp³-hybridized carbons (Fsp3) is 1.00. The Morgan fingerprint density at radius 3 is 2.00 bits per heavy atom. The molecule has 0 saturated heterocycles. The molecule has 0 atom stereocenters. The van der Waals surface area contributed by atoms with E-state index in [1.54, 1.807) is 0 Å². The summed E-state index contributed by atoms with van der Waals surface area (Å²) < 4.78 is 34.3. The van der Waals surface area contributed by atoms with Crippen molar-refractivity contribution in [1.29, 1.82) is 0 Å². The Labute approximate surface area is 58.4 Å². The molecule has 0 bridgehead atoms. The van der Waals surface area contributed by atoms with Crippen molar-refractivity contribution in [3.63, 3.8) is 0 Å². The summed E-state index contributed by atoms with van der Waals surface area (Å²) in [7, 11) is 0. The molecular formula is C6H11F3N. The Bertz CT molecular complexity index is 79.6. The SMILES string of the molecule is [NH]CCCCCC(F)(F)F. The van der Waals surface area contributed by atoms with E-state index in [1.807, 2.05) is 0 Å². The highest BCUT2D eigenvalue weighted by atomic mass is 19.4. The van der Waals surface area contributed by atoms with Crippen LogP contribution in [0.15, 0.2) is 0 Å². The van der Waals surface area contributed by atoms with Gasteiger partial charge in [-0.25, -0.2) is 0 Å². The fourth-order valence-corrected chi connectivity index (χ4v) is 0.627. The van der Waals surface area contributed by atoms with Gasteiger partial charge < -0.3 is 0 Å². The van der Waals surface area contributed by atoms with Crippen LogP contribution in [0.1, 0.15) is 25.7 Å². The minimum absolute atomic E-state index is 0.169. The third kappa shape index (κ3) is 7.75. The van der Waals surface area contributed by atoms with Crippen LogP contribution in [0.2, 0.25) is 0 Å². The van der Waals surface area contributed by atoms with Crippen molar-refractivity contribution in [2.45, 2.75) is 31.9 Å². The Morgan fingerprint density at radius 2 is 1.60 bits per heavy atom. The molecule has 0 amide bonds. The number of rotatable bonds is 4. The van der Waals surface area contributed by atoms with Crippen molar-refractivity contribution >= 4 is 0 Å². The predicted octanol–water partition coefficient (Wildman–Crippen LogP) is 2.39. The van der Waals surface area contributed by atoms with Gasteiger partial charge in [0.15, 0.2) is 0 Å². The van der Waals surface area contributed by atoms with Crippen molar-refractivity contribution in [1.82, 2.24) is 5.73 Å². The summed E-state index contributed by atoms with van der Waals surface area (Å²) in [5, 5.41) is 0. The topological polar surface area (TPSA) is 23.8 Å². The average molecular weight is 154 g/mol. The molecule has 4 heteroatoms. The molecule has 0 unspecified atom stereocenters. The Hall–Kier alpha value is -0.250. The van der Waals surface area contributed by atoms with Crippen LogP contribution in [0.3, 0.4) is 0 Å². The van der Waals surface area contributed by atoms with Crippen LogP contribution in [0.5, 0.6) is 0 Å². The van der Waals surface area contributed by atoms with Crippen LogP contribution < -0.4 is 5.73 Å². The van der Waals surface area contributed by atoms with Crippen LogP contribution >= 0.6 is 0 Å². The Morgan fingerprint density at radius 1 is 1.00 bits per heavy atom. The highest BCUT2D eigenvalue weighted by molar-refractivity contribution is 4.50. The van der Waals surface area contributed by atoms with Crippen molar-refractivity contribution in [2.24, 2.45) is 0 Å². The van der Waals surface area contributed by atoms with E-state index in [0.717, 1.165) is 0 Å². The zero-order chi connectivity index (χ0) is 8.04. The van der Waals surface area contributed by atoms with Crippen molar-refractivity contribution in [3.05, 3.63) is 0 Å². The normalized spacial score (nSPS) is 12.0. The Balaban J connectivity index is 3.04. The summed E-state index contributed by atoms with van der Waals surface area (Å²) in [5.41, 5.74) is 6.66. The summed E-state index contributed by atoms with van der Waals surface area (Å²) in [4.78, 5) is 0. The summed E-state index contributed by atoms with van der Waals surface area (Å²) in [6, 6.07) is 0. The van der Waals surface area contributed by atoms with Crippen LogP contribution in [0, 0.1) is 0 Å². The molecular weight excluding hydrogens is 143 g/mol. The highest BCUT2D eigenvalue weighted by Crippen LogP contribution is 2.22. The largest absolute Gasteiger partial charge is 0.389 e. The molecule has 0 rings (SSSR count). The zero-order valence-corrected chi connectivity index (χ0v) is 5.67. The number of hydrogen-bond donors (Lipinski definition) is 0. The lowest BCUT2D eigenvalue weighted by Crippen LogP contribution is -2.06. The van der Waals surface area contributed by atoms with Gasteiger partial charge in [0.2, 0.25) is 0 Å². The van der Waals surface area contributed by atoms with E-state index >= 15 is 0 Å². The quantitative estimate of drug-likeness (QED) is 0.555. The minimum atomic E-state index is -4.01. The molecule has 0 spiro atoms. The molecule has 0 aliphatic rings. The molecule has 1 nitrogen and oxygen atoms in total. The van der Waals surface area contributed by atoms with Gasteiger partial charge in [-0.05, 0) is 12.8 Å². The number of unbranched alkanes of at least 4 members (excludes halogenated alkanes) is 2. The summed E-state index contributed by atoms with van der Waals surface area (Å²) in [6.45, 7) is 0.234. The van der Waals surface area contributed by atoms with E-state index in [2.05, 4.69) is 0 Å². The van der Waals surface area contributed by atoms with Crippen molar-refractivity contribution < 1.29 is 13.2 Å². The molecule has 0 aliphatic heterocycles. The maximum atomic E-state index is 11.4. The zero-order valence-electron chi connectivity index (χ0n) is 5.67. The maximum absolute atomic E-state index is 11.4. The first-order valence-electron chi connectivity index (χ1n) is 3.27. The summed E-state index contributed by atoms with van der Waals surface area (Å²) in [6.07, 6.45) is -3.45. The van der Waals surface area contributed by atoms with Crippen molar-refractivity contribution in [3.8, 4) is 0 Å². The Kier molecular flexibility index (Phi) is 4.43. The lowest BCUT2D eigenvalue weighted by atomic mass is 10.2. The van der Waals surface area contributed by atoms with E-state index in [-0.39, 0.29) is 13.0 Å². The molecule has 1 N–H and O–H groups in total. The molecule has 0 aromatic carbocycles. The number of nitrogens with one attached hydrogen (secondary N) is 1. The van der Waals surface area contributed by atoms with Crippen molar-refractivity contribution in [2.75, 3.05) is 6.54 Å². The fourth-order valence-electron chi connectivity index (χ4n) is 0.627. The van der Waals surface area contributed by atoms with Gasteiger partial charge in [0, 0.05) is 13.0 Å². The van der Waals surface area contributed by atoms with Gasteiger partial charge in [0.05, 0.1) is 0 Å². The number of halogens is 3. The lowest BCUT2D eigenvalue weighted by molar-refractivity contribution is -0.135. The van der Waals surface area contributed by atoms with Gasteiger partial charge >= 0.3 is 6.18 Å². The van der Waals surface area contributed by atoms with Gasteiger partial charge in [0.25, 0.3) is 0 Å². The molecule has 61 valence electrons. The van der Waals surface area contributed by atoms with Crippen LogP contribution in [0.4, 0.5) is 13.2 Å². The van der Waals surface area contributed by atoms with Gasteiger partial charge in [0.1, 0.15) is 0 Å². The average Bonchev–Trinajstić information content (AvgIpc) is 1.78.